The van der Waals surface area contributed by atoms with Gasteiger partial charge in [-0.15, -0.1) is 0 Å². The van der Waals surface area contributed by atoms with E-state index >= 15 is 0 Å². The molecule has 3 N–H and O–H groups in total. The highest BCUT2D eigenvalue weighted by Gasteiger charge is 2.14. The molecule has 3 nitrogen and oxygen atoms in total. The standard InChI is InChI=1S/C15H14BrFN2O/c1-9(11-4-2-3-5-14(11)18)19-15(20)10-6-7-13(17)12(16)8-10/h2-9H,18H2,1H3,(H,19,20). The number of benzene rings is 2. The summed E-state index contributed by atoms with van der Waals surface area (Å²) in [4.78, 5) is 12.1. The quantitative estimate of drug-likeness (QED) is 0.840. The second kappa shape index (κ2) is 6.05. The zero-order valence-electron chi connectivity index (χ0n) is 10.9. The highest BCUT2D eigenvalue weighted by atomic mass is 79.9. The monoisotopic (exact) mass is 336 g/mol. The van der Waals surface area contributed by atoms with Crippen LogP contribution in [0, 0.1) is 5.82 Å². The van der Waals surface area contributed by atoms with Crippen LogP contribution in [0.15, 0.2) is 46.9 Å². The molecule has 1 unspecified atom stereocenters. The normalized spacial score (nSPS) is 11.9. The smallest absolute Gasteiger partial charge is 0.251 e. The zero-order chi connectivity index (χ0) is 14.7. The zero-order valence-corrected chi connectivity index (χ0v) is 12.4. The van der Waals surface area contributed by atoms with Crippen molar-refractivity contribution in [3.63, 3.8) is 0 Å². The number of carbonyl (C=O) groups is 1. The third kappa shape index (κ3) is 3.17. The summed E-state index contributed by atoms with van der Waals surface area (Å²) in [5.41, 5.74) is 7.73. The van der Waals surface area contributed by atoms with E-state index in [2.05, 4.69) is 21.2 Å². The lowest BCUT2D eigenvalue weighted by atomic mass is 10.1. The van der Waals surface area contributed by atoms with Gasteiger partial charge in [-0.2, -0.15) is 0 Å². The first-order chi connectivity index (χ1) is 9.49. The van der Waals surface area contributed by atoms with Crippen molar-refractivity contribution in [2.75, 3.05) is 5.73 Å². The largest absolute Gasteiger partial charge is 0.398 e. The van der Waals surface area contributed by atoms with Gasteiger partial charge in [0.25, 0.3) is 5.91 Å². The average molecular weight is 337 g/mol. The van der Waals surface area contributed by atoms with Gasteiger partial charge in [0.2, 0.25) is 0 Å². The first-order valence-corrected chi connectivity index (χ1v) is 6.88. The minimum absolute atomic E-state index is 0.229. The molecule has 0 bridgehead atoms. The SMILES string of the molecule is CC(NC(=O)c1ccc(F)c(Br)c1)c1ccccc1N. The molecule has 0 radical (unpaired) electrons. The van der Waals surface area contributed by atoms with Crippen molar-refractivity contribution < 1.29 is 9.18 Å². The number of amides is 1. The van der Waals surface area contributed by atoms with E-state index in [-0.39, 0.29) is 16.4 Å². The molecule has 2 aromatic rings. The van der Waals surface area contributed by atoms with Gasteiger partial charge in [0.1, 0.15) is 5.82 Å². The molecular weight excluding hydrogens is 323 g/mol. The van der Waals surface area contributed by atoms with Crippen LogP contribution >= 0.6 is 15.9 Å². The van der Waals surface area contributed by atoms with Gasteiger partial charge in [-0.1, -0.05) is 18.2 Å². The van der Waals surface area contributed by atoms with E-state index < -0.39 is 5.82 Å². The maximum Gasteiger partial charge on any atom is 0.251 e. The fourth-order valence-electron chi connectivity index (χ4n) is 1.90. The lowest BCUT2D eigenvalue weighted by Gasteiger charge is -2.16. The van der Waals surface area contributed by atoms with Crippen molar-refractivity contribution in [1.82, 2.24) is 5.32 Å². The Bertz CT molecular complexity index is 646. The number of hydrogen-bond acceptors (Lipinski definition) is 2. The van der Waals surface area contributed by atoms with Crippen LogP contribution < -0.4 is 11.1 Å². The van der Waals surface area contributed by atoms with Gasteiger partial charge >= 0.3 is 0 Å². The molecule has 2 aromatic carbocycles. The van der Waals surface area contributed by atoms with E-state index in [1.54, 1.807) is 6.07 Å². The van der Waals surface area contributed by atoms with E-state index in [1.165, 1.54) is 18.2 Å². The van der Waals surface area contributed by atoms with Crippen LogP contribution in [0.2, 0.25) is 0 Å². The topological polar surface area (TPSA) is 55.1 Å². The van der Waals surface area contributed by atoms with Crippen LogP contribution in [0.25, 0.3) is 0 Å². The number of nitrogens with two attached hydrogens (primary N) is 1. The van der Waals surface area contributed by atoms with Gasteiger partial charge in [0.15, 0.2) is 0 Å². The first-order valence-electron chi connectivity index (χ1n) is 6.09. The minimum atomic E-state index is -0.401. The van der Waals surface area contributed by atoms with Crippen LogP contribution in [0.4, 0.5) is 10.1 Å². The van der Waals surface area contributed by atoms with Crippen molar-refractivity contribution >= 4 is 27.5 Å². The fourth-order valence-corrected chi connectivity index (χ4v) is 2.28. The second-order valence-electron chi connectivity index (χ2n) is 4.45. The molecule has 2 rings (SSSR count). The first kappa shape index (κ1) is 14.5. The Balaban J connectivity index is 2.15. The molecule has 0 aromatic heterocycles. The molecule has 20 heavy (non-hydrogen) atoms. The maximum absolute atomic E-state index is 13.1. The third-order valence-corrected chi connectivity index (χ3v) is 3.60. The molecule has 0 saturated heterocycles. The molecule has 0 spiro atoms. The lowest BCUT2D eigenvalue weighted by Crippen LogP contribution is -2.27. The van der Waals surface area contributed by atoms with Crippen LogP contribution in [0.3, 0.4) is 0 Å². The molecule has 0 aliphatic heterocycles. The molecule has 0 heterocycles. The molecule has 104 valence electrons. The Morgan fingerprint density at radius 3 is 2.65 bits per heavy atom. The number of rotatable bonds is 3. The van der Waals surface area contributed by atoms with E-state index in [1.807, 2.05) is 25.1 Å². The van der Waals surface area contributed by atoms with Gasteiger partial charge < -0.3 is 11.1 Å². The van der Waals surface area contributed by atoms with Crippen LogP contribution in [0.5, 0.6) is 0 Å². The number of hydrogen-bond donors (Lipinski definition) is 2. The molecule has 0 fully saturated rings. The van der Waals surface area contributed by atoms with Crippen molar-refractivity contribution in [1.29, 1.82) is 0 Å². The Morgan fingerprint density at radius 2 is 2.00 bits per heavy atom. The predicted molar refractivity (Wildman–Crippen MR) is 80.8 cm³/mol. The minimum Gasteiger partial charge on any atom is -0.398 e. The van der Waals surface area contributed by atoms with Crippen LogP contribution in [-0.4, -0.2) is 5.91 Å². The molecule has 0 saturated carbocycles. The maximum atomic E-state index is 13.1. The van der Waals surface area contributed by atoms with E-state index in [0.717, 1.165) is 5.56 Å². The number of halogens is 2. The van der Waals surface area contributed by atoms with E-state index in [4.69, 9.17) is 5.73 Å². The van der Waals surface area contributed by atoms with Gasteiger partial charge in [0.05, 0.1) is 10.5 Å². The van der Waals surface area contributed by atoms with Crippen LogP contribution in [0.1, 0.15) is 28.9 Å². The Labute approximate surface area is 125 Å². The summed E-state index contributed by atoms with van der Waals surface area (Å²) in [5.74, 6) is -0.677. The van der Waals surface area contributed by atoms with Gasteiger partial charge in [-0.25, -0.2) is 4.39 Å². The highest BCUT2D eigenvalue weighted by molar-refractivity contribution is 9.10. The summed E-state index contributed by atoms with van der Waals surface area (Å²) >= 11 is 3.06. The number of nitrogen functional groups attached to an aromatic ring is 1. The van der Waals surface area contributed by atoms with Gasteiger partial charge in [-0.3, -0.25) is 4.79 Å². The molecule has 1 atom stereocenters. The van der Waals surface area contributed by atoms with Crippen molar-refractivity contribution in [2.45, 2.75) is 13.0 Å². The average Bonchev–Trinajstić information content (AvgIpc) is 2.42. The number of anilines is 1. The Morgan fingerprint density at radius 1 is 1.30 bits per heavy atom. The van der Waals surface area contributed by atoms with E-state index in [0.29, 0.717) is 11.3 Å². The fraction of sp³-hybridized carbons (Fsp3) is 0.133. The van der Waals surface area contributed by atoms with Crippen molar-refractivity contribution in [2.24, 2.45) is 0 Å². The summed E-state index contributed by atoms with van der Waals surface area (Å²) in [6.07, 6.45) is 0. The lowest BCUT2D eigenvalue weighted by molar-refractivity contribution is 0.0940. The summed E-state index contributed by atoms with van der Waals surface area (Å²) in [5, 5.41) is 2.84. The van der Waals surface area contributed by atoms with Crippen molar-refractivity contribution in [3.8, 4) is 0 Å². The Kier molecular flexibility index (Phi) is 4.39. The molecule has 5 heteroatoms. The Hall–Kier alpha value is -1.88. The predicted octanol–water partition coefficient (Wildman–Crippen LogP) is 3.66. The molecule has 0 aliphatic carbocycles. The summed E-state index contributed by atoms with van der Waals surface area (Å²) in [6, 6.07) is 11.3. The molecule has 1 amide bonds. The summed E-state index contributed by atoms with van der Waals surface area (Å²) < 4.78 is 13.4. The van der Waals surface area contributed by atoms with Crippen LogP contribution in [-0.2, 0) is 0 Å². The number of para-hydroxylation sites is 1. The second-order valence-corrected chi connectivity index (χ2v) is 5.31. The summed E-state index contributed by atoms with van der Waals surface area (Å²) in [6.45, 7) is 1.85. The van der Waals surface area contributed by atoms with Gasteiger partial charge in [0, 0.05) is 11.3 Å². The highest BCUT2D eigenvalue weighted by Crippen LogP contribution is 2.21. The summed E-state index contributed by atoms with van der Waals surface area (Å²) in [7, 11) is 0. The molecular formula is C15H14BrFN2O. The van der Waals surface area contributed by atoms with E-state index in [9.17, 15) is 9.18 Å². The number of carbonyl (C=O) groups excluding carboxylic acids is 1. The molecule has 0 aliphatic rings. The van der Waals surface area contributed by atoms with Gasteiger partial charge in [-0.05, 0) is 52.7 Å². The third-order valence-electron chi connectivity index (χ3n) is 2.99. The number of nitrogens with one attached hydrogen (secondary N) is 1. The van der Waals surface area contributed by atoms with Crippen molar-refractivity contribution in [3.05, 3.63) is 63.9 Å².